The van der Waals surface area contributed by atoms with Gasteiger partial charge in [0.1, 0.15) is 5.56 Å². The SMILES string of the molecule is CN(c1ccccc1)S(=O)(=O)c1[nH]ncc1C(=O)O. The minimum absolute atomic E-state index is 0.386. The third-order valence-electron chi connectivity index (χ3n) is 2.57. The third kappa shape index (κ3) is 2.29. The van der Waals surface area contributed by atoms with Crippen molar-refractivity contribution in [3.8, 4) is 0 Å². The van der Waals surface area contributed by atoms with Gasteiger partial charge in [0.05, 0.1) is 11.9 Å². The first kappa shape index (κ1) is 13.1. The summed E-state index contributed by atoms with van der Waals surface area (Å²) in [5.74, 6) is -1.35. The highest BCUT2D eigenvalue weighted by molar-refractivity contribution is 7.92. The topological polar surface area (TPSA) is 103 Å². The summed E-state index contributed by atoms with van der Waals surface area (Å²) in [4.78, 5) is 10.9. The molecule has 0 aliphatic carbocycles. The van der Waals surface area contributed by atoms with Gasteiger partial charge < -0.3 is 5.11 Å². The lowest BCUT2D eigenvalue weighted by Gasteiger charge is -2.18. The van der Waals surface area contributed by atoms with Crippen molar-refractivity contribution in [3.05, 3.63) is 42.1 Å². The second kappa shape index (κ2) is 4.73. The van der Waals surface area contributed by atoms with Crippen LogP contribution in [0.15, 0.2) is 41.6 Å². The van der Waals surface area contributed by atoms with Crippen LogP contribution >= 0.6 is 0 Å². The average Bonchev–Trinajstić information content (AvgIpc) is 2.89. The van der Waals surface area contributed by atoms with Gasteiger partial charge in [0.25, 0.3) is 10.0 Å². The van der Waals surface area contributed by atoms with Crippen LogP contribution in [0.1, 0.15) is 10.4 Å². The minimum atomic E-state index is -3.99. The summed E-state index contributed by atoms with van der Waals surface area (Å²) >= 11 is 0. The summed E-state index contributed by atoms with van der Waals surface area (Å²) in [6, 6.07) is 8.34. The van der Waals surface area contributed by atoms with Crippen molar-refractivity contribution >= 4 is 21.7 Å². The lowest BCUT2D eigenvalue weighted by Crippen LogP contribution is -2.28. The van der Waals surface area contributed by atoms with Crippen LogP contribution in [0, 0.1) is 0 Å². The Balaban J connectivity index is 2.49. The Kier molecular flexibility index (Phi) is 3.26. The molecule has 2 aromatic rings. The molecule has 1 heterocycles. The van der Waals surface area contributed by atoms with E-state index in [1.54, 1.807) is 30.3 Å². The highest BCUT2D eigenvalue weighted by Gasteiger charge is 2.29. The first-order valence-electron chi connectivity index (χ1n) is 5.25. The maximum absolute atomic E-state index is 12.3. The number of carbonyl (C=O) groups is 1. The molecule has 0 saturated carbocycles. The molecule has 0 aliphatic heterocycles. The van der Waals surface area contributed by atoms with Crippen molar-refractivity contribution in [2.45, 2.75) is 5.03 Å². The van der Waals surface area contributed by atoms with E-state index in [0.29, 0.717) is 5.69 Å². The van der Waals surface area contributed by atoms with E-state index in [2.05, 4.69) is 10.2 Å². The van der Waals surface area contributed by atoms with Gasteiger partial charge in [-0.05, 0) is 12.1 Å². The Hall–Kier alpha value is -2.35. The summed E-state index contributed by atoms with van der Waals surface area (Å²) < 4.78 is 25.6. The Morgan fingerprint density at radius 1 is 1.32 bits per heavy atom. The number of benzene rings is 1. The van der Waals surface area contributed by atoms with E-state index in [1.165, 1.54) is 7.05 Å². The van der Waals surface area contributed by atoms with Gasteiger partial charge in [0.2, 0.25) is 0 Å². The number of anilines is 1. The summed E-state index contributed by atoms with van der Waals surface area (Å²) in [6.45, 7) is 0. The van der Waals surface area contributed by atoms with Gasteiger partial charge >= 0.3 is 5.97 Å². The van der Waals surface area contributed by atoms with Crippen molar-refractivity contribution in [1.82, 2.24) is 10.2 Å². The van der Waals surface area contributed by atoms with Crippen LogP contribution in [-0.4, -0.2) is 36.7 Å². The number of carboxylic acids is 1. The molecule has 0 bridgehead atoms. The van der Waals surface area contributed by atoms with Crippen LogP contribution in [-0.2, 0) is 10.0 Å². The summed E-state index contributed by atoms with van der Waals surface area (Å²) in [7, 11) is -2.65. The van der Waals surface area contributed by atoms with Crippen LogP contribution < -0.4 is 4.31 Å². The van der Waals surface area contributed by atoms with E-state index >= 15 is 0 Å². The maximum atomic E-state index is 12.3. The largest absolute Gasteiger partial charge is 0.478 e. The van der Waals surface area contributed by atoms with Gasteiger partial charge in [0, 0.05) is 7.05 Å². The van der Waals surface area contributed by atoms with Gasteiger partial charge in [-0.15, -0.1) is 0 Å². The monoisotopic (exact) mass is 281 g/mol. The molecule has 0 fully saturated rings. The molecule has 0 radical (unpaired) electrons. The number of aromatic carboxylic acids is 1. The number of aromatic nitrogens is 2. The van der Waals surface area contributed by atoms with E-state index in [9.17, 15) is 13.2 Å². The lowest BCUT2D eigenvalue weighted by atomic mass is 10.3. The zero-order valence-electron chi connectivity index (χ0n) is 9.94. The van der Waals surface area contributed by atoms with E-state index in [0.717, 1.165) is 10.5 Å². The van der Waals surface area contributed by atoms with Crippen LogP contribution in [0.5, 0.6) is 0 Å². The van der Waals surface area contributed by atoms with Gasteiger partial charge in [-0.3, -0.25) is 9.40 Å². The Morgan fingerprint density at radius 3 is 2.53 bits per heavy atom. The molecule has 0 spiro atoms. The molecule has 1 aromatic heterocycles. The van der Waals surface area contributed by atoms with E-state index < -0.39 is 21.0 Å². The van der Waals surface area contributed by atoms with Crippen molar-refractivity contribution in [2.24, 2.45) is 0 Å². The van der Waals surface area contributed by atoms with Crippen LogP contribution in [0.3, 0.4) is 0 Å². The van der Waals surface area contributed by atoms with Crippen molar-refractivity contribution < 1.29 is 18.3 Å². The number of carboxylic acid groups (broad SMARTS) is 1. The fraction of sp³-hybridized carbons (Fsp3) is 0.0909. The molecular weight excluding hydrogens is 270 g/mol. The summed E-state index contributed by atoms with van der Waals surface area (Å²) in [5.41, 5.74) is 0.0382. The normalized spacial score (nSPS) is 11.2. The maximum Gasteiger partial charge on any atom is 0.340 e. The highest BCUT2D eigenvalue weighted by atomic mass is 32.2. The standard InChI is InChI=1S/C11H11N3O4S/c1-14(8-5-3-2-4-6-8)19(17,18)10-9(11(15)16)7-12-13-10/h2-7H,1H3,(H,12,13)(H,15,16). The summed E-state index contributed by atoms with van der Waals surface area (Å²) in [5, 5.41) is 14.2. The first-order chi connectivity index (χ1) is 8.94. The average molecular weight is 281 g/mol. The Bertz CT molecular complexity index is 694. The molecule has 2 N–H and O–H groups in total. The fourth-order valence-electron chi connectivity index (χ4n) is 1.54. The number of aromatic amines is 1. The first-order valence-corrected chi connectivity index (χ1v) is 6.69. The molecule has 8 heteroatoms. The number of hydrogen-bond acceptors (Lipinski definition) is 4. The molecule has 0 atom stereocenters. The molecule has 7 nitrogen and oxygen atoms in total. The zero-order valence-corrected chi connectivity index (χ0v) is 10.8. The quantitative estimate of drug-likeness (QED) is 0.867. The number of rotatable bonds is 4. The molecule has 0 amide bonds. The second-order valence-electron chi connectivity index (χ2n) is 3.73. The molecule has 1 aromatic carbocycles. The summed E-state index contributed by atoms with van der Waals surface area (Å²) in [6.07, 6.45) is 0.966. The van der Waals surface area contributed by atoms with Crippen molar-refractivity contribution in [2.75, 3.05) is 11.4 Å². The molecular formula is C11H11N3O4S. The molecule has 0 aliphatic rings. The van der Waals surface area contributed by atoms with Gasteiger partial charge in [-0.1, -0.05) is 18.2 Å². The van der Waals surface area contributed by atoms with Gasteiger partial charge in [0.15, 0.2) is 5.03 Å². The number of hydrogen-bond donors (Lipinski definition) is 2. The molecule has 0 saturated heterocycles. The van der Waals surface area contributed by atoms with Gasteiger partial charge in [-0.25, -0.2) is 4.79 Å². The number of sulfonamides is 1. The van der Waals surface area contributed by atoms with Crippen LogP contribution in [0.4, 0.5) is 5.69 Å². The van der Waals surface area contributed by atoms with Gasteiger partial charge in [-0.2, -0.15) is 13.5 Å². The molecule has 0 unspecified atom stereocenters. The number of nitrogens with one attached hydrogen (secondary N) is 1. The number of nitrogens with zero attached hydrogens (tertiary/aromatic N) is 2. The van der Waals surface area contributed by atoms with E-state index in [-0.39, 0.29) is 5.56 Å². The second-order valence-corrected chi connectivity index (χ2v) is 5.63. The Morgan fingerprint density at radius 2 is 1.95 bits per heavy atom. The smallest absolute Gasteiger partial charge is 0.340 e. The third-order valence-corrected chi connectivity index (χ3v) is 4.33. The van der Waals surface area contributed by atoms with Crippen molar-refractivity contribution in [3.63, 3.8) is 0 Å². The lowest BCUT2D eigenvalue weighted by molar-refractivity contribution is 0.0692. The number of H-pyrrole nitrogens is 1. The highest BCUT2D eigenvalue weighted by Crippen LogP contribution is 2.22. The van der Waals surface area contributed by atoms with Crippen LogP contribution in [0.25, 0.3) is 0 Å². The molecule has 19 heavy (non-hydrogen) atoms. The minimum Gasteiger partial charge on any atom is -0.478 e. The van der Waals surface area contributed by atoms with Crippen LogP contribution in [0.2, 0.25) is 0 Å². The Labute approximate surface area is 109 Å². The zero-order chi connectivity index (χ0) is 14.0. The fourth-order valence-corrected chi connectivity index (χ4v) is 2.80. The van der Waals surface area contributed by atoms with E-state index in [4.69, 9.17) is 5.11 Å². The van der Waals surface area contributed by atoms with E-state index in [1.807, 2.05) is 0 Å². The molecule has 100 valence electrons. The molecule has 2 rings (SSSR count). The van der Waals surface area contributed by atoms with Crippen molar-refractivity contribution in [1.29, 1.82) is 0 Å². The number of para-hydroxylation sites is 1. The predicted octanol–water partition coefficient (Wildman–Crippen LogP) is 0.933. The predicted molar refractivity (Wildman–Crippen MR) is 67.6 cm³/mol.